The van der Waals surface area contributed by atoms with Gasteiger partial charge in [0.05, 0.1) is 23.8 Å². The molecule has 0 atom stereocenters. The van der Waals surface area contributed by atoms with Crippen LogP contribution in [0.3, 0.4) is 0 Å². The maximum Gasteiger partial charge on any atom is 0.291 e. The number of H-pyrrole nitrogens is 1. The molecule has 152 valence electrons. The fraction of sp³-hybridized carbons (Fsp3) is 0.0400. The number of carbonyl (C=O) groups is 1. The van der Waals surface area contributed by atoms with Crippen molar-refractivity contribution in [1.29, 1.82) is 0 Å². The van der Waals surface area contributed by atoms with Crippen LogP contribution in [0, 0.1) is 0 Å². The Morgan fingerprint density at radius 1 is 0.935 bits per heavy atom. The largest absolute Gasteiger partial charge is 0.495 e. The Kier molecular flexibility index (Phi) is 4.72. The number of carbonyl (C=O) groups excluding carboxylic acids is 1. The van der Waals surface area contributed by atoms with Crippen molar-refractivity contribution in [3.05, 3.63) is 90.7 Å². The molecule has 5 rings (SSSR count). The van der Waals surface area contributed by atoms with Gasteiger partial charge in [0, 0.05) is 11.1 Å². The first-order valence-electron chi connectivity index (χ1n) is 9.81. The number of amides is 1. The van der Waals surface area contributed by atoms with Gasteiger partial charge in [-0.25, -0.2) is 4.98 Å². The van der Waals surface area contributed by atoms with Gasteiger partial charge in [-0.1, -0.05) is 42.5 Å². The summed E-state index contributed by atoms with van der Waals surface area (Å²) in [5, 5.41) is 2.89. The van der Waals surface area contributed by atoms with Crippen LogP contribution in [0.15, 0.2) is 89.3 Å². The third-order valence-corrected chi connectivity index (χ3v) is 5.00. The number of hydrogen-bond acceptors (Lipinski definition) is 4. The maximum absolute atomic E-state index is 12.8. The van der Waals surface area contributed by atoms with Gasteiger partial charge in [0.2, 0.25) is 0 Å². The van der Waals surface area contributed by atoms with Gasteiger partial charge in [-0.2, -0.15) is 0 Å². The van der Waals surface area contributed by atoms with Crippen LogP contribution in [0.1, 0.15) is 10.6 Å². The van der Waals surface area contributed by atoms with E-state index in [1.54, 1.807) is 25.3 Å². The molecule has 0 fully saturated rings. The first kappa shape index (κ1) is 18.7. The van der Waals surface area contributed by atoms with Crippen molar-refractivity contribution in [2.24, 2.45) is 0 Å². The Morgan fingerprint density at radius 3 is 2.55 bits per heavy atom. The topological polar surface area (TPSA) is 80.1 Å². The molecule has 3 aromatic carbocycles. The second-order valence-corrected chi connectivity index (χ2v) is 7.00. The summed E-state index contributed by atoms with van der Waals surface area (Å²) in [6, 6.07) is 26.4. The number of furan rings is 1. The van der Waals surface area contributed by atoms with E-state index in [9.17, 15) is 4.79 Å². The summed E-state index contributed by atoms with van der Waals surface area (Å²) in [6.07, 6.45) is 0. The number of aromatic nitrogens is 2. The average molecular weight is 409 g/mol. The minimum atomic E-state index is -0.359. The fourth-order valence-electron chi connectivity index (χ4n) is 3.44. The Balaban J connectivity index is 1.43. The number of fused-ring (bicyclic) bond motifs is 1. The minimum Gasteiger partial charge on any atom is -0.495 e. The first-order valence-corrected chi connectivity index (χ1v) is 9.81. The molecule has 2 N–H and O–H groups in total. The maximum atomic E-state index is 12.8. The zero-order valence-electron chi connectivity index (χ0n) is 16.8. The van der Waals surface area contributed by atoms with E-state index in [1.165, 1.54) is 0 Å². The van der Waals surface area contributed by atoms with E-state index in [2.05, 4.69) is 15.3 Å². The molecule has 0 aliphatic heterocycles. The number of para-hydroxylation sites is 2. The molecule has 5 aromatic rings. The van der Waals surface area contributed by atoms with Gasteiger partial charge in [-0.05, 0) is 42.5 Å². The van der Waals surface area contributed by atoms with Crippen LogP contribution in [-0.4, -0.2) is 23.0 Å². The first-order chi connectivity index (χ1) is 15.2. The van der Waals surface area contributed by atoms with Gasteiger partial charge < -0.3 is 19.5 Å². The van der Waals surface area contributed by atoms with Crippen LogP contribution in [0.4, 0.5) is 5.69 Å². The van der Waals surface area contributed by atoms with Crippen molar-refractivity contribution in [3.8, 4) is 28.5 Å². The Labute approximate surface area is 178 Å². The molecular weight excluding hydrogens is 390 g/mol. The molecule has 0 spiro atoms. The summed E-state index contributed by atoms with van der Waals surface area (Å²) in [4.78, 5) is 20.8. The molecule has 0 aliphatic rings. The highest BCUT2D eigenvalue weighted by Crippen LogP contribution is 2.31. The molecule has 6 heteroatoms. The molecule has 0 bridgehead atoms. The van der Waals surface area contributed by atoms with Crippen LogP contribution in [-0.2, 0) is 0 Å². The quantitative estimate of drug-likeness (QED) is 0.387. The molecule has 2 aromatic heterocycles. The summed E-state index contributed by atoms with van der Waals surface area (Å²) in [5.41, 5.74) is 4.09. The van der Waals surface area contributed by atoms with Crippen molar-refractivity contribution in [3.63, 3.8) is 0 Å². The lowest BCUT2D eigenvalue weighted by atomic mass is 10.1. The lowest BCUT2D eigenvalue weighted by molar-refractivity contribution is 0.0997. The van der Waals surface area contributed by atoms with Gasteiger partial charge in [0.25, 0.3) is 5.91 Å². The smallest absolute Gasteiger partial charge is 0.291 e. The lowest BCUT2D eigenvalue weighted by Gasteiger charge is -2.10. The molecule has 0 saturated carbocycles. The summed E-state index contributed by atoms with van der Waals surface area (Å²) in [7, 11) is 1.56. The SMILES string of the molecule is COc1ccc(-c2nc3ccccc3[nH]2)cc1NC(=O)c1ccc(-c2ccccc2)o1. The van der Waals surface area contributed by atoms with Crippen molar-refractivity contribution in [2.75, 3.05) is 12.4 Å². The fourth-order valence-corrected chi connectivity index (χ4v) is 3.44. The number of methoxy groups -OCH3 is 1. The van der Waals surface area contributed by atoms with Gasteiger partial charge in [-0.15, -0.1) is 0 Å². The molecule has 2 heterocycles. The third-order valence-electron chi connectivity index (χ3n) is 5.00. The molecule has 0 aliphatic carbocycles. The molecule has 31 heavy (non-hydrogen) atoms. The predicted octanol–water partition coefficient (Wildman–Crippen LogP) is 5.75. The molecule has 0 saturated heterocycles. The Hall–Kier alpha value is -4.32. The number of aromatic amines is 1. The summed E-state index contributed by atoms with van der Waals surface area (Å²) in [6.45, 7) is 0. The Morgan fingerprint density at radius 2 is 1.74 bits per heavy atom. The molecule has 0 unspecified atom stereocenters. The number of rotatable bonds is 5. The molecule has 1 amide bonds. The standard InChI is InChI=1S/C25H19N3O3/c1-30-22-12-11-17(24-26-18-9-5-6-10-19(18)27-24)15-20(22)28-25(29)23-14-13-21(31-23)16-7-3-2-4-8-16/h2-15H,1H3,(H,26,27)(H,28,29). The second-order valence-electron chi connectivity index (χ2n) is 7.00. The molecule has 6 nitrogen and oxygen atoms in total. The highest BCUT2D eigenvalue weighted by molar-refractivity contribution is 6.03. The third kappa shape index (κ3) is 3.67. The summed E-state index contributed by atoms with van der Waals surface area (Å²) < 4.78 is 11.2. The van der Waals surface area contributed by atoms with Crippen LogP contribution in [0.5, 0.6) is 5.75 Å². The van der Waals surface area contributed by atoms with Gasteiger partial charge in [0.1, 0.15) is 17.3 Å². The highest BCUT2D eigenvalue weighted by atomic mass is 16.5. The molecule has 0 radical (unpaired) electrons. The number of hydrogen-bond donors (Lipinski definition) is 2. The summed E-state index contributed by atoms with van der Waals surface area (Å²) >= 11 is 0. The zero-order chi connectivity index (χ0) is 21.2. The Bertz CT molecular complexity index is 1340. The number of ether oxygens (including phenoxy) is 1. The van der Waals surface area contributed by atoms with Crippen molar-refractivity contribution in [2.45, 2.75) is 0 Å². The van der Waals surface area contributed by atoms with E-state index in [-0.39, 0.29) is 11.7 Å². The van der Waals surface area contributed by atoms with Crippen molar-refractivity contribution >= 4 is 22.6 Å². The van der Waals surface area contributed by atoms with Gasteiger partial charge in [-0.3, -0.25) is 4.79 Å². The monoisotopic (exact) mass is 409 g/mol. The van der Waals surface area contributed by atoms with Crippen LogP contribution >= 0.6 is 0 Å². The van der Waals surface area contributed by atoms with E-state index in [0.717, 1.165) is 22.2 Å². The van der Waals surface area contributed by atoms with E-state index >= 15 is 0 Å². The number of benzene rings is 3. The number of nitrogens with zero attached hydrogens (tertiary/aromatic N) is 1. The van der Waals surface area contributed by atoms with Gasteiger partial charge >= 0.3 is 0 Å². The van der Waals surface area contributed by atoms with Crippen molar-refractivity contribution < 1.29 is 13.9 Å². The predicted molar refractivity (Wildman–Crippen MR) is 120 cm³/mol. The van der Waals surface area contributed by atoms with E-state index in [4.69, 9.17) is 9.15 Å². The van der Waals surface area contributed by atoms with Gasteiger partial charge in [0.15, 0.2) is 5.76 Å². The average Bonchev–Trinajstić information content (AvgIpc) is 3.47. The minimum absolute atomic E-state index is 0.218. The number of anilines is 1. The van der Waals surface area contributed by atoms with Crippen molar-refractivity contribution in [1.82, 2.24) is 9.97 Å². The normalized spacial score (nSPS) is 10.9. The van der Waals surface area contributed by atoms with E-state index in [0.29, 0.717) is 23.0 Å². The number of nitrogens with one attached hydrogen (secondary N) is 2. The zero-order valence-corrected chi connectivity index (χ0v) is 16.8. The van der Waals surface area contributed by atoms with E-state index in [1.807, 2.05) is 66.7 Å². The number of imidazole rings is 1. The lowest BCUT2D eigenvalue weighted by Crippen LogP contribution is -2.11. The highest BCUT2D eigenvalue weighted by Gasteiger charge is 2.16. The van der Waals surface area contributed by atoms with Crippen LogP contribution in [0.2, 0.25) is 0 Å². The van der Waals surface area contributed by atoms with Crippen LogP contribution < -0.4 is 10.1 Å². The van der Waals surface area contributed by atoms with E-state index < -0.39 is 0 Å². The molecular formula is C25H19N3O3. The summed E-state index contributed by atoms with van der Waals surface area (Å²) in [5.74, 6) is 1.75. The van der Waals surface area contributed by atoms with Crippen LogP contribution in [0.25, 0.3) is 33.7 Å². The second kappa shape index (κ2) is 7.84.